The molecule has 208 valence electrons. The number of aryl methyl sites for hydroxylation is 3. The van der Waals surface area contributed by atoms with E-state index in [-0.39, 0.29) is 23.4 Å². The minimum Gasteiger partial charge on any atom is -0.352 e. The maximum atomic E-state index is 14.0. The van der Waals surface area contributed by atoms with E-state index in [9.17, 15) is 18.0 Å². The molecule has 0 aliphatic heterocycles. The summed E-state index contributed by atoms with van der Waals surface area (Å²) in [7, 11) is -4.09. The number of carbonyl (C=O) groups excluding carboxylic acids is 2. The molecule has 8 heteroatoms. The highest BCUT2D eigenvalue weighted by Gasteiger charge is 2.33. The zero-order chi connectivity index (χ0) is 28.7. The van der Waals surface area contributed by atoms with Gasteiger partial charge in [0.1, 0.15) is 12.6 Å². The first kappa shape index (κ1) is 29.9. The second-order valence-electron chi connectivity index (χ2n) is 10.2. The highest BCUT2D eigenvalue weighted by Crippen LogP contribution is 2.28. The summed E-state index contributed by atoms with van der Waals surface area (Å²) in [6, 6.07) is 20.6. The topological polar surface area (TPSA) is 86.8 Å². The third-order valence-electron chi connectivity index (χ3n) is 6.60. The van der Waals surface area contributed by atoms with Gasteiger partial charge in [0.15, 0.2) is 0 Å². The highest BCUT2D eigenvalue weighted by molar-refractivity contribution is 7.92. The van der Waals surface area contributed by atoms with Crippen LogP contribution in [-0.4, -0.2) is 43.8 Å². The van der Waals surface area contributed by atoms with Gasteiger partial charge in [-0.2, -0.15) is 0 Å². The lowest BCUT2D eigenvalue weighted by atomic mass is 10.1. The van der Waals surface area contributed by atoms with E-state index in [1.165, 1.54) is 9.21 Å². The molecule has 2 amide bonds. The molecule has 1 atom stereocenters. The van der Waals surface area contributed by atoms with Crippen LogP contribution in [0.1, 0.15) is 49.9 Å². The van der Waals surface area contributed by atoms with Gasteiger partial charge in [-0.1, -0.05) is 72.6 Å². The SMILES string of the molecule is CCc1ccccc1N(CC(=O)N(Cc1ccc(C)cc1)[C@@H](C)C(=O)NC(C)C)S(=O)(=O)c1ccc(C)cc1. The third-order valence-corrected chi connectivity index (χ3v) is 8.37. The quantitative estimate of drug-likeness (QED) is 0.365. The summed E-state index contributed by atoms with van der Waals surface area (Å²) in [5.41, 5.74) is 4.11. The van der Waals surface area contributed by atoms with Crippen molar-refractivity contribution in [3.63, 3.8) is 0 Å². The Morgan fingerprint density at radius 1 is 0.846 bits per heavy atom. The molecule has 0 fully saturated rings. The number of rotatable bonds is 11. The van der Waals surface area contributed by atoms with Crippen LogP contribution in [0, 0.1) is 13.8 Å². The molecule has 7 nitrogen and oxygen atoms in total. The second kappa shape index (κ2) is 12.9. The number of amides is 2. The molecule has 3 aromatic rings. The Kier molecular flexibility index (Phi) is 9.92. The molecule has 0 spiro atoms. The Morgan fingerprint density at radius 2 is 1.41 bits per heavy atom. The van der Waals surface area contributed by atoms with E-state index in [1.807, 2.05) is 71.0 Å². The van der Waals surface area contributed by atoms with E-state index < -0.39 is 28.5 Å². The number of anilines is 1. The zero-order valence-corrected chi connectivity index (χ0v) is 24.5. The summed E-state index contributed by atoms with van der Waals surface area (Å²) >= 11 is 0. The van der Waals surface area contributed by atoms with Gasteiger partial charge in [0.2, 0.25) is 11.8 Å². The number of nitrogens with zero attached hydrogens (tertiary/aromatic N) is 2. The fourth-order valence-electron chi connectivity index (χ4n) is 4.28. The molecule has 39 heavy (non-hydrogen) atoms. The van der Waals surface area contributed by atoms with Gasteiger partial charge in [-0.05, 0) is 70.4 Å². The van der Waals surface area contributed by atoms with Crippen molar-refractivity contribution < 1.29 is 18.0 Å². The smallest absolute Gasteiger partial charge is 0.264 e. The van der Waals surface area contributed by atoms with Gasteiger partial charge in [0.05, 0.1) is 10.6 Å². The number of para-hydroxylation sites is 1. The van der Waals surface area contributed by atoms with Gasteiger partial charge in [-0.3, -0.25) is 13.9 Å². The van der Waals surface area contributed by atoms with Gasteiger partial charge in [-0.25, -0.2) is 8.42 Å². The molecule has 0 aliphatic carbocycles. The zero-order valence-electron chi connectivity index (χ0n) is 23.6. The normalized spacial score (nSPS) is 12.2. The van der Waals surface area contributed by atoms with E-state index in [2.05, 4.69) is 5.32 Å². The molecular weight excluding hydrogens is 510 g/mol. The number of sulfonamides is 1. The van der Waals surface area contributed by atoms with Crippen molar-refractivity contribution in [3.05, 3.63) is 95.1 Å². The maximum absolute atomic E-state index is 14.0. The van der Waals surface area contributed by atoms with Crippen LogP contribution in [0.5, 0.6) is 0 Å². The number of nitrogens with one attached hydrogen (secondary N) is 1. The van der Waals surface area contributed by atoms with Crippen LogP contribution >= 0.6 is 0 Å². The average molecular weight is 550 g/mol. The van der Waals surface area contributed by atoms with Gasteiger partial charge in [0, 0.05) is 12.6 Å². The number of carbonyl (C=O) groups is 2. The molecule has 0 saturated carbocycles. The van der Waals surface area contributed by atoms with Crippen LogP contribution in [-0.2, 0) is 32.6 Å². The Balaban J connectivity index is 2.06. The van der Waals surface area contributed by atoms with Gasteiger partial charge in [-0.15, -0.1) is 0 Å². The molecule has 0 radical (unpaired) electrons. The summed E-state index contributed by atoms with van der Waals surface area (Å²) in [6.45, 7) is 10.9. The van der Waals surface area contributed by atoms with Crippen LogP contribution in [0.2, 0.25) is 0 Å². The van der Waals surface area contributed by atoms with Crippen molar-refractivity contribution in [2.24, 2.45) is 0 Å². The second-order valence-corrected chi connectivity index (χ2v) is 12.0. The van der Waals surface area contributed by atoms with Crippen LogP contribution in [0.3, 0.4) is 0 Å². The minimum absolute atomic E-state index is 0.0995. The Labute approximate surface area is 232 Å². The van der Waals surface area contributed by atoms with Crippen molar-refractivity contribution >= 4 is 27.5 Å². The Bertz CT molecular complexity index is 1380. The van der Waals surface area contributed by atoms with E-state index >= 15 is 0 Å². The van der Waals surface area contributed by atoms with Gasteiger partial charge < -0.3 is 10.2 Å². The summed E-state index contributed by atoms with van der Waals surface area (Å²) < 4.78 is 29.2. The Morgan fingerprint density at radius 3 is 1.97 bits per heavy atom. The van der Waals surface area contributed by atoms with Crippen molar-refractivity contribution in [3.8, 4) is 0 Å². The predicted octanol–water partition coefficient (Wildman–Crippen LogP) is 5.00. The minimum atomic E-state index is -4.09. The Hall–Kier alpha value is -3.65. The summed E-state index contributed by atoms with van der Waals surface area (Å²) in [5.74, 6) is -0.768. The maximum Gasteiger partial charge on any atom is 0.264 e. The van der Waals surface area contributed by atoms with E-state index in [0.717, 1.165) is 22.3 Å². The molecule has 3 rings (SSSR count). The van der Waals surface area contributed by atoms with Gasteiger partial charge >= 0.3 is 0 Å². The van der Waals surface area contributed by atoms with Crippen molar-refractivity contribution in [2.75, 3.05) is 10.8 Å². The highest BCUT2D eigenvalue weighted by atomic mass is 32.2. The van der Waals surface area contributed by atoms with Crippen LogP contribution < -0.4 is 9.62 Å². The van der Waals surface area contributed by atoms with Gasteiger partial charge in [0.25, 0.3) is 10.0 Å². The summed E-state index contributed by atoms with van der Waals surface area (Å²) in [4.78, 5) is 28.6. The first-order chi connectivity index (χ1) is 18.4. The molecular formula is C31H39N3O4S. The largest absolute Gasteiger partial charge is 0.352 e. The summed E-state index contributed by atoms with van der Waals surface area (Å²) in [5, 5.41) is 2.87. The van der Waals surface area contributed by atoms with Crippen LogP contribution in [0.15, 0.2) is 77.7 Å². The molecule has 0 aliphatic rings. The van der Waals surface area contributed by atoms with Crippen molar-refractivity contribution in [1.29, 1.82) is 0 Å². The lowest BCUT2D eigenvalue weighted by Gasteiger charge is -2.33. The van der Waals surface area contributed by atoms with E-state index in [4.69, 9.17) is 0 Å². The third kappa shape index (κ3) is 7.47. The van der Waals surface area contributed by atoms with Crippen LogP contribution in [0.4, 0.5) is 5.69 Å². The number of hydrogen-bond donors (Lipinski definition) is 1. The predicted molar refractivity (Wildman–Crippen MR) is 156 cm³/mol. The van der Waals surface area contributed by atoms with Crippen LogP contribution in [0.25, 0.3) is 0 Å². The fraction of sp³-hybridized carbons (Fsp3) is 0.355. The lowest BCUT2D eigenvalue weighted by molar-refractivity contribution is -0.139. The number of hydrogen-bond acceptors (Lipinski definition) is 4. The first-order valence-electron chi connectivity index (χ1n) is 13.3. The first-order valence-corrected chi connectivity index (χ1v) is 14.7. The molecule has 0 bridgehead atoms. The molecule has 0 saturated heterocycles. The van der Waals surface area contributed by atoms with Crippen molar-refractivity contribution in [2.45, 2.75) is 71.5 Å². The summed E-state index contributed by atoms with van der Waals surface area (Å²) in [6.07, 6.45) is 0.588. The molecule has 0 unspecified atom stereocenters. The molecule has 0 aromatic heterocycles. The monoisotopic (exact) mass is 549 g/mol. The lowest BCUT2D eigenvalue weighted by Crippen LogP contribution is -2.52. The van der Waals surface area contributed by atoms with E-state index in [1.54, 1.807) is 43.3 Å². The molecule has 0 heterocycles. The number of benzene rings is 3. The molecule has 1 N–H and O–H groups in total. The van der Waals surface area contributed by atoms with Crippen molar-refractivity contribution in [1.82, 2.24) is 10.2 Å². The fourth-order valence-corrected chi connectivity index (χ4v) is 5.73. The van der Waals surface area contributed by atoms with E-state index in [0.29, 0.717) is 12.1 Å². The molecule has 3 aromatic carbocycles. The standard InChI is InChI=1S/C31H39N3O4S/c1-7-27-10-8-9-11-29(27)34(39(37,38)28-18-14-24(5)15-19-28)21-30(35)33(25(6)31(36)32-22(2)3)20-26-16-12-23(4)13-17-26/h8-19,22,25H,7,20-21H2,1-6H3,(H,32,36)/t25-/m0/s1. The average Bonchev–Trinajstić information content (AvgIpc) is 2.90.